The first kappa shape index (κ1) is 27.8. The number of carbonyl (C=O) groups is 4. The SMILES string of the molecule is C[C@@H](C(=O)O)N1CCN([C@@H](C)C(=O)O)CCN([C@@H](C)C(=O)O)CCN([C@@H](C)C(=O)O)CC1. The molecule has 0 amide bonds. The van der Waals surface area contributed by atoms with E-state index in [1.165, 1.54) is 0 Å². The molecule has 4 atom stereocenters. The van der Waals surface area contributed by atoms with Crippen LogP contribution in [0.25, 0.3) is 0 Å². The maximum absolute atomic E-state index is 11.6. The molecule has 0 aromatic heterocycles. The first-order chi connectivity index (χ1) is 14.9. The van der Waals surface area contributed by atoms with Crippen molar-refractivity contribution in [2.45, 2.75) is 51.9 Å². The van der Waals surface area contributed by atoms with Gasteiger partial charge in [0, 0.05) is 52.4 Å². The molecule has 0 radical (unpaired) electrons. The van der Waals surface area contributed by atoms with Crippen molar-refractivity contribution in [2.24, 2.45) is 0 Å². The predicted octanol–water partition coefficient (Wildman–Crippen LogP) is -0.900. The van der Waals surface area contributed by atoms with Gasteiger partial charge in [0.1, 0.15) is 24.2 Å². The highest BCUT2D eigenvalue weighted by molar-refractivity contribution is 5.74. The average Bonchev–Trinajstić information content (AvgIpc) is 2.72. The van der Waals surface area contributed by atoms with E-state index in [1.807, 2.05) is 0 Å². The zero-order valence-corrected chi connectivity index (χ0v) is 19.2. The van der Waals surface area contributed by atoms with Crippen LogP contribution >= 0.6 is 0 Å². The Hall–Kier alpha value is -2.28. The highest BCUT2D eigenvalue weighted by Gasteiger charge is 2.30. The molecule has 0 spiro atoms. The Morgan fingerprint density at radius 2 is 0.562 bits per heavy atom. The largest absolute Gasteiger partial charge is 0.480 e. The lowest BCUT2D eigenvalue weighted by molar-refractivity contribution is -0.147. The lowest BCUT2D eigenvalue weighted by atomic mass is 10.2. The van der Waals surface area contributed by atoms with Gasteiger partial charge in [-0.3, -0.25) is 38.8 Å². The van der Waals surface area contributed by atoms with Crippen LogP contribution in [-0.2, 0) is 19.2 Å². The number of hydrogen-bond donors (Lipinski definition) is 4. The van der Waals surface area contributed by atoms with E-state index in [1.54, 1.807) is 47.3 Å². The van der Waals surface area contributed by atoms with Crippen molar-refractivity contribution in [1.82, 2.24) is 19.6 Å². The number of carboxylic acid groups (broad SMARTS) is 4. The highest BCUT2D eigenvalue weighted by Crippen LogP contribution is 2.10. The van der Waals surface area contributed by atoms with Crippen LogP contribution in [-0.4, -0.2) is 140 Å². The molecule has 1 aliphatic rings. The summed E-state index contributed by atoms with van der Waals surface area (Å²) < 4.78 is 0. The Kier molecular flexibility index (Phi) is 11.0. The third kappa shape index (κ3) is 8.01. The van der Waals surface area contributed by atoms with Crippen LogP contribution in [0.3, 0.4) is 0 Å². The quantitative estimate of drug-likeness (QED) is 0.354. The molecule has 1 fully saturated rings. The monoisotopic (exact) mass is 460 g/mol. The van der Waals surface area contributed by atoms with E-state index in [9.17, 15) is 39.6 Å². The summed E-state index contributed by atoms with van der Waals surface area (Å²) in [5.41, 5.74) is 0. The standard InChI is InChI=1S/C20H36N4O8/c1-13(17(25)26)21-5-7-22(14(2)18(27)28)9-11-24(16(4)20(31)32)12-10-23(8-6-21)15(3)19(29)30/h13-16H,5-12H2,1-4H3,(H,25,26)(H,27,28)(H,29,30)(H,31,32)/t13-,14-,15-,16-/m0/s1. The molecule has 4 N–H and O–H groups in total. The lowest BCUT2D eigenvalue weighted by Crippen LogP contribution is -2.55. The number of hydrogen-bond acceptors (Lipinski definition) is 8. The highest BCUT2D eigenvalue weighted by atomic mass is 16.4. The van der Waals surface area contributed by atoms with Crippen molar-refractivity contribution in [2.75, 3.05) is 52.4 Å². The van der Waals surface area contributed by atoms with Crippen LogP contribution in [0.15, 0.2) is 0 Å². The molecular weight excluding hydrogens is 424 g/mol. The molecule has 184 valence electrons. The molecular formula is C20H36N4O8. The average molecular weight is 461 g/mol. The van der Waals surface area contributed by atoms with Gasteiger partial charge in [0.25, 0.3) is 0 Å². The fourth-order valence-electron chi connectivity index (χ4n) is 3.65. The van der Waals surface area contributed by atoms with E-state index in [0.717, 1.165) is 0 Å². The molecule has 1 saturated heterocycles. The minimum absolute atomic E-state index is 0.273. The summed E-state index contributed by atoms with van der Waals surface area (Å²) in [6.45, 7) is 8.35. The zero-order valence-electron chi connectivity index (χ0n) is 19.2. The number of carboxylic acids is 4. The predicted molar refractivity (Wildman–Crippen MR) is 115 cm³/mol. The lowest BCUT2D eigenvalue weighted by Gasteiger charge is -2.38. The van der Waals surface area contributed by atoms with Gasteiger partial charge in [-0.1, -0.05) is 0 Å². The van der Waals surface area contributed by atoms with Crippen LogP contribution < -0.4 is 0 Å². The minimum atomic E-state index is -1.02. The van der Waals surface area contributed by atoms with Gasteiger partial charge in [-0.25, -0.2) is 0 Å². The van der Waals surface area contributed by atoms with Crippen molar-refractivity contribution >= 4 is 23.9 Å². The van der Waals surface area contributed by atoms with Gasteiger partial charge in [-0.05, 0) is 27.7 Å². The summed E-state index contributed by atoms with van der Waals surface area (Å²) >= 11 is 0. The second-order valence-corrected chi connectivity index (χ2v) is 8.20. The van der Waals surface area contributed by atoms with E-state index in [4.69, 9.17) is 0 Å². The zero-order chi connectivity index (χ0) is 24.6. The maximum atomic E-state index is 11.6. The molecule has 0 saturated carbocycles. The van der Waals surface area contributed by atoms with Gasteiger partial charge in [0.2, 0.25) is 0 Å². The number of aliphatic carboxylic acids is 4. The molecule has 0 bridgehead atoms. The van der Waals surface area contributed by atoms with Gasteiger partial charge >= 0.3 is 23.9 Å². The van der Waals surface area contributed by atoms with E-state index >= 15 is 0 Å². The van der Waals surface area contributed by atoms with Crippen molar-refractivity contribution in [3.05, 3.63) is 0 Å². The number of nitrogens with zero attached hydrogens (tertiary/aromatic N) is 4. The molecule has 1 rings (SSSR count). The molecule has 32 heavy (non-hydrogen) atoms. The molecule has 1 heterocycles. The minimum Gasteiger partial charge on any atom is -0.480 e. The first-order valence-electron chi connectivity index (χ1n) is 10.7. The van der Waals surface area contributed by atoms with E-state index in [0.29, 0.717) is 0 Å². The molecule has 12 heteroatoms. The Bertz CT molecular complexity index is 548. The summed E-state index contributed by atoms with van der Waals surface area (Å²) in [4.78, 5) is 53.1. The Morgan fingerprint density at radius 1 is 0.438 bits per heavy atom. The molecule has 0 aromatic carbocycles. The Balaban J connectivity index is 3.21. The van der Waals surface area contributed by atoms with Gasteiger partial charge < -0.3 is 20.4 Å². The fraction of sp³-hybridized carbons (Fsp3) is 0.800. The van der Waals surface area contributed by atoms with E-state index in [2.05, 4.69) is 0 Å². The number of rotatable bonds is 8. The van der Waals surface area contributed by atoms with Crippen LogP contribution in [0.5, 0.6) is 0 Å². The van der Waals surface area contributed by atoms with Gasteiger partial charge in [0.05, 0.1) is 0 Å². The van der Waals surface area contributed by atoms with Crippen molar-refractivity contribution in [1.29, 1.82) is 0 Å². The topological polar surface area (TPSA) is 162 Å². The summed E-state index contributed by atoms with van der Waals surface area (Å²) in [6.07, 6.45) is 0. The summed E-state index contributed by atoms with van der Waals surface area (Å²) in [6, 6.07) is -3.31. The summed E-state index contributed by atoms with van der Waals surface area (Å²) in [5.74, 6) is -4.08. The molecule has 1 aliphatic heterocycles. The molecule has 0 aromatic rings. The van der Waals surface area contributed by atoms with Crippen molar-refractivity contribution < 1.29 is 39.6 Å². The summed E-state index contributed by atoms with van der Waals surface area (Å²) in [5, 5.41) is 37.9. The molecule has 12 nitrogen and oxygen atoms in total. The van der Waals surface area contributed by atoms with Gasteiger partial charge in [-0.2, -0.15) is 0 Å². The Labute approximate surface area is 188 Å². The first-order valence-corrected chi connectivity index (χ1v) is 10.7. The third-order valence-electron chi connectivity index (χ3n) is 6.32. The van der Waals surface area contributed by atoms with Crippen LogP contribution in [0.4, 0.5) is 0 Å². The van der Waals surface area contributed by atoms with Gasteiger partial charge in [0.15, 0.2) is 0 Å². The van der Waals surface area contributed by atoms with Crippen LogP contribution in [0.2, 0.25) is 0 Å². The molecule has 0 unspecified atom stereocenters. The maximum Gasteiger partial charge on any atom is 0.320 e. The normalized spacial score (nSPS) is 22.6. The van der Waals surface area contributed by atoms with Crippen LogP contribution in [0.1, 0.15) is 27.7 Å². The smallest absolute Gasteiger partial charge is 0.320 e. The second-order valence-electron chi connectivity index (χ2n) is 8.20. The van der Waals surface area contributed by atoms with Crippen molar-refractivity contribution in [3.63, 3.8) is 0 Å². The second kappa shape index (κ2) is 12.7. The van der Waals surface area contributed by atoms with Crippen molar-refractivity contribution in [3.8, 4) is 0 Å². The summed E-state index contributed by atoms with van der Waals surface area (Å²) in [7, 11) is 0. The molecule has 0 aliphatic carbocycles. The van der Waals surface area contributed by atoms with E-state index in [-0.39, 0.29) is 52.4 Å². The van der Waals surface area contributed by atoms with Crippen LogP contribution in [0, 0.1) is 0 Å². The Morgan fingerprint density at radius 3 is 0.656 bits per heavy atom. The van der Waals surface area contributed by atoms with E-state index < -0.39 is 48.0 Å². The fourth-order valence-corrected chi connectivity index (χ4v) is 3.65. The third-order valence-corrected chi connectivity index (χ3v) is 6.32. The van der Waals surface area contributed by atoms with Gasteiger partial charge in [-0.15, -0.1) is 0 Å².